The zero-order valence-corrected chi connectivity index (χ0v) is 22.8. The number of amides is 4. The van der Waals surface area contributed by atoms with Crippen molar-refractivity contribution in [3.05, 3.63) is 34.9 Å². The van der Waals surface area contributed by atoms with Crippen molar-refractivity contribution >= 4 is 23.8 Å². The second-order valence-corrected chi connectivity index (χ2v) is 10.0. The number of primary amides is 1. The molecule has 204 valence electrons. The van der Waals surface area contributed by atoms with Gasteiger partial charge in [-0.15, -0.1) is 0 Å². The molecule has 0 saturated heterocycles. The third-order valence-electron chi connectivity index (χ3n) is 5.65. The van der Waals surface area contributed by atoms with Gasteiger partial charge in [0.1, 0.15) is 24.2 Å². The number of carbonyl (C=O) groups excluding carboxylic acids is 4. The monoisotopic (exact) mass is 515 g/mol. The maximum Gasteiger partial charge on any atom is 0.408 e. The Hall–Kier alpha value is -3.61. The van der Waals surface area contributed by atoms with Gasteiger partial charge in [-0.3, -0.25) is 14.4 Å². The summed E-state index contributed by atoms with van der Waals surface area (Å²) >= 11 is 0. The Morgan fingerprint density at radius 2 is 1.76 bits per heavy atom. The zero-order chi connectivity index (χ0) is 28.2. The van der Waals surface area contributed by atoms with Crippen molar-refractivity contribution < 1.29 is 23.9 Å². The van der Waals surface area contributed by atoms with E-state index < -0.39 is 48.0 Å². The normalized spacial score (nSPS) is 12.6. The van der Waals surface area contributed by atoms with E-state index in [0.717, 1.165) is 35.3 Å². The van der Waals surface area contributed by atoms with Crippen LogP contribution in [-0.2, 0) is 19.1 Å². The number of ether oxygens (including phenoxy) is 1. The molecule has 0 spiro atoms. The van der Waals surface area contributed by atoms with Crippen molar-refractivity contribution in [2.45, 2.75) is 91.3 Å². The molecule has 10 heteroatoms. The number of nitrogens with zero attached hydrogens (tertiary/aromatic N) is 2. The molecule has 0 saturated carbocycles. The molecule has 4 N–H and O–H groups in total. The molecule has 0 aliphatic carbocycles. The summed E-state index contributed by atoms with van der Waals surface area (Å²) in [5.74, 6) is -1.77. The van der Waals surface area contributed by atoms with Gasteiger partial charge in [0, 0.05) is 13.0 Å². The van der Waals surface area contributed by atoms with E-state index in [1.807, 2.05) is 38.1 Å². The van der Waals surface area contributed by atoms with Gasteiger partial charge in [0.15, 0.2) is 0 Å². The van der Waals surface area contributed by atoms with Crippen LogP contribution in [-0.4, -0.2) is 53.4 Å². The van der Waals surface area contributed by atoms with Crippen LogP contribution in [0.25, 0.3) is 0 Å². The molecular weight excluding hydrogens is 474 g/mol. The Morgan fingerprint density at radius 1 is 1.14 bits per heavy atom. The van der Waals surface area contributed by atoms with E-state index >= 15 is 0 Å². The van der Waals surface area contributed by atoms with E-state index in [1.54, 1.807) is 20.8 Å². The molecular formula is C27H41N5O5. The third kappa shape index (κ3) is 10.5. The first-order valence-electron chi connectivity index (χ1n) is 12.6. The van der Waals surface area contributed by atoms with Gasteiger partial charge in [-0.2, -0.15) is 5.26 Å². The first-order chi connectivity index (χ1) is 17.3. The Balaban J connectivity index is 3.48. The molecule has 37 heavy (non-hydrogen) atoms. The Labute approximate surface area is 219 Å². The largest absolute Gasteiger partial charge is 0.444 e. The minimum absolute atomic E-state index is 0.118. The standard InChI is InChI=1S/C27H41N5O5/c1-7-8-9-16-30-24(34)23(22-18(2)11-10-12-19(22)3)32(17-15-28)25(35)20(13-14-21(29)33)31-26(36)37-27(4,5)6/h10-12,20,23H,7-9,13-14,16-17H2,1-6H3,(H2,29,33)(H,30,34)(H,31,36). The second kappa shape index (κ2) is 14.8. The first-order valence-corrected chi connectivity index (χ1v) is 12.6. The topological polar surface area (TPSA) is 155 Å². The molecule has 1 aromatic carbocycles. The lowest BCUT2D eigenvalue weighted by Gasteiger charge is -2.34. The van der Waals surface area contributed by atoms with E-state index in [0.29, 0.717) is 12.1 Å². The Kier molecular flexibility index (Phi) is 12.6. The first kappa shape index (κ1) is 31.4. The molecule has 2 atom stereocenters. The SMILES string of the molecule is CCCCCNC(=O)C(c1c(C)cccc1C)N(CC#N)C(=O)C(CCC(N)=O)NC(=O)OC(C)(C)C. The average Bonchev–Trinajstić information content (AvgIpc) is 2.79. The van der Waals surface area contributed by atoms with Crippen LogP contribution in [0, 0.1) is 25.2 Å². The van der Waals surface area contributed by atoms with Crippen LogP contribution in [0.1, 0.15) is 82.5 Å². The second-order valence-electron chi connectivity index (χ2n) is 10.0. The summed E-state index contributed by atoms with van der Waals surface area (Å²) < 4.78 is 5.29. The van der Waals surface area contributed by atoms with Crippen LogP contribution in [0.3, 0.4) is 0 Å². The van der Waals surface area contributed by atoms with Gasteiger partial charge < -0.3 is 26.0 Å². The molecule has 0 radical (unpaired) electrons. The number of hydrogen-bond acceptors (Lipinski definition) is 6. The highest BCUT2D eigenvalue weighted by molar-refractivity contribution is 5.93. The lowest BCUT2D eigenvalue weighted by atomic mass is 9.93. The van der Waals surface area contributed by atoms with Gasteiger partial charge in [0.25, 0.3) is 0 Å². The van der Waals surface area contributed by atoms with Gasteiger partial charge >= 0.3 is 6.09 Å². The predicted molar refractivity (Wildman–Crippen MR) is 140 cm³/mol. The van der Waals surface area contributed by atoms with Gasteiger partial charge in [0.2, 0.25) is 17.7 Å². The summed E-state index contributed by atoms with van der Waals surface area (Å²) in [6.45, 7) is 10.7. The van der Waals surface area contributed by atoms with Crippen LogP contribution in [0.5, 0.6) is 0 Å². The lowest BCUT2D eigenvalue weighted by Crippen LogP contribution is -2.53. The molecule has 0 heterocycles. The van der Waals surface area contributed by atoms with Crippen molar-refractivity contribution in [1.29, 1.82) is 5.26 Å². The molecule has 0 aliphatic rings. The number of benzene rings is 1. The van der Waals surface area contributed by atoms with Crippen LogP contribution in [0.15, 0.2) is 18.2 Å². The number of nitrogens with two attached hydrogens (primary N) is 1. The van der Waals surface area contributed by atoms with Gasteiger partial charge in [-0.25, -0.2) is 4.79 Å². The van der Waals surface area contributed by atoms with E-state index in [1.165, 1.54) is 0 Å². The van der Waals surface area contributed by atoms with E-state index in [9.17, 15) is 24.4 Å². The summed E-state index contributed by atoms with van der Waals surface area (Å²) in [6.07, 6.45) is 1.52. The van der Waals surface area contributed by atoms with Crippen molar-refractivity contribution in [2.24, 2.45) is 5.73 Å². The molecule has 1 aromatic rings. The molecule has 0 fully saturated rings. The maximum absolute atomic E-state index is 13.8. The summed E-state index contributed by atoms with van der Waals surface area (Å²) in [4.78, 5) is 52.5. The lowest BCUT2D eigenvalue weighted by molar-refractivity contribution is -0.142. The van der Waals surface area contributed by atoms with Crippen molar-refractivity contribution in [3.63, 3.8) is 0 Å². The Morgan fingerprint density at radius 3 is 2.27 bits per heavy atom. The highest BCUT2D eigenvalue weighted by atomic mass is 16.6. The minimum Gasteiger partial charge on any atom is -0.444 e. The number of unbranched alkanes of at least 4 members (excludes halogenated alkanes) is 2. The zero-order valence-electron chi connectivity index (χ0n) is 22.8. The van der Waals surface area contributed by atoms with Crippen molar-refractivity contribution in [3.8, 4) is 6.07 Å². The highest BCUT2D eigenvalue weighted by Gasteiger charge is 2.37. The number of alkyl carbamates (subject to hydrolysis) is 1. The summed E-state index contributed by atoms with van der Waals surface area (Å²) in [7, 11) is 0. The molecule has 10 nitrogen and oxygen atoms in total. The van der Waals surface area contributed by atoms with E-state index in [4.69, 9.17) is 10.5 Å². The molecule has 0 aliphatic heterocycles. The summed E-state index contributed by atoms with van der Waals surface area (Å²) in [5.41, 5.74) is 6.63. The smallest absolute Gasteiger partial charge is 0.408 e. The molecule has 2 unspecified atom stereocenters. The fourth-order valence-corrected chi connectivity index (χ4v) is 3.94. The average molecular weight is 516 g/mol. The van der Waals surface area contributed by atoms with Crippen LogP contribution < -0.4 is 16.4 Å². The number of rotatable bonds is 13. The predicted octanol–water partition coefficient (Wildman–Crippen LogP) is 3.16. The fourth-order valence-electron chi connectivity index (χ4n) is 3.94. The Bertz CT molecular complexity index is 976. The number of carbonyl (C=O) groups is 4. The van der Waals surface area contributed by atoms with Gasteiger partial charge in [0.05, 0.1) is 6.07 Å². The van der Waals surface area contributed by atoms with Crippen molar-refractivity contribution in [1.82, 2.24) is 15.5 Å². The molecule has 4 amide bonds. The molecule has 0 aromatic heterocycles. The number of nitrogens with one attached hydrogen (secondary N) is 2. The summed E-state index contributed by atoms with van der Waals surface area (Å²) in [6, 6.07) is 5.12. The number of aryl methyl sites for hydroxylation is 2. The van der Waals surface area contributed by atoms with E-state index in [2.05, 4.69) is 17.6 Å². The minimum atomic E-state index is -1.24. The maximum atomic E-state index is 13.8. The van der Waals surface area contributed by atoms with Crippen molar-refractivity contribution in [2.75, 3.05) is 13.1 Å². The van der Waals surface area contributed by atoms with E-state index in [-0.39, 0.29) is 12.8 Å². The fraction of sp³-hybridized carbons (Fsp3) is 0.593. The summed E-state index contributed by atoms with van der Waals surface area (Å²) in [5, 5.41) is 15.0. The quantitative estimate of drug-likeness (QED) is 0.271. The van der Waals surface area contributed by atoms with Crippen LogP contribution >= 0.6 is 0 Å². The molecule has 0 bridgehead atoms. The number of hydrogen-bond donors (Lipinski definition) is 3. The van der Waals surface area contributed by atoms with Gasteiger partial charge in [-0.1, -0.05) is 38.0 Å². The third-order valence-corrected chi connectivity index (χ3v) is 5.65. The molecule has 1 rings (SSSR count). The number of nitriles is 1. The van der Waals surface area contributed by atoms with Gasteiger partial charge in [-0.05, 0) is 64.2 Å². The highest BCUT2D eigenvalue weighted by Crippen LogP contribution is 2.29. The van der Waals surface area contributed by atoms with Crippen LogP contribution in [0.2, 0.25) is 0 Å². The van der Waals surface area contributed by atoms with Crippen LogP contribution in [0.4, 0.5) is 4.79 Å².